The lowest BCUT2D eigenvalue weighted by molar-refractivity contribution is -0.117. The van der Waals surface area contributed by atoms with E-state index in [4.69, 9.17) is 0 Å². The second kappa shape index (κ2) is 7.40. The molecule has 1 saturated heterocycles. The number of anilines is 2. The quantitative estimate of drug-likeness (QED) is 0.936. The standard InChI is InChI=1S/C18H21FN4O/c1-14-12-23(17-7-3-2-6-16(17)19)10-9-22(14)13-18(24)21-15-5-4-8-20-11-15/h2-8,11,14H,9-10,12-13H2,1H3,(H,21,24). The molecule has 0 radical (unpaired) electrons. The van der Waals surface area contributed by atoms with Gasteiger partial charge in [-0.1, -0.05) is 12.1 Å². The molecule has 3 rings (SSSR count). The van der Waals surface area contributed by atoms with Gasteiger partial charge in [0.15, 0.2) is 0 Å². The summed E-state index contributed by atoms with van der Waals surface area (Å²) in [6.45, 7) is 4.49. The van der Waals surface area contributed by atoms with Crippen LogP contribution in [0.2, 0.25) is 0 Å². The molecule has 2 aromatic rings. The zero-order valence-electron chi connectivity index (χ0n) is 13.7. The Morgan fingerprint density at radius 3 is 2.83 bits per heavy atom. The van der Waals surface area contributed by atoms with Crippen LogP contribution in [0, 0.1) is 5.82 Å². The molecule has 0 aliphatic carbocycles. The molecule has 6 heteroatoms. The average Bonchev–Trinajstić information content (AvgIpc) is 2.58. The fourth-order valence-corrected chi connectivity index (χ4v) is 2.98. The highest BCUT2D eigenvalue weighted by atomic mass is 19.1. The smallest absolute Gasteiger partial charge is 0.238 e. The Bertz CT molecular complexity index is 694. The summed E-state index contributed by atoms with van der Waals surface area (Å²) >= 11 is 0. The summed E-state index contributed by atoms with van der Waals surface area (Å²) in [4.78, 5) is 20.3. The van der Waals surface area contributed by atoms with Crippen LogP contribution in [0.15, 0.2) is 48.8 Å². The number of halogens is 1. The molecule has 1 N–H and O–H groups in total. The summed E-state index contributed by atoms with van der Waals surface area (Å²) in [5.74, 6) is -0.262. The topological polar surface area (TPSA) is 48.5 Å². The minimum Gasteiger partial charge on any atom is -0.366 e. The van der Waals surface area contributed by atoms with Crippen molar-refractivity contribution in [2.75, 3.05) is 36.4 Å². The summed E-state index contributed by atoms with van der Waals surface area (Å²) in [7, 11) is 0. The number of pyridine rings is 1. The number of carbonyl (C=O) groups excluding carboxylic acids is 1. The Morgan fingerprint density at radius 1 is 1.29 bits per heavy atom. The lowest BCUT2D eigenvalue weighted by Crippen LogP contribution is -2.54. The van der Waals surface area contributed by atoms with Crippen LogP contribution in [-0.4, -0.2) is 48.0 Å². The van der Waals surface area contributed by atoms with E-state index in [1.165, 1.54) is 6.07 Å². The predicted octanol–water partition coefficient (Wildman–Crippen LogP) is 2.37. The van der Waals surface area contributed by atoms with E-state index in [-0.39, 0.29) is 17.8 Å². The van der Waals surface area contributed by atoms with Gasteiger partial charge in [-0.05, 0) is 31.2 Å². The van der Waals surface area contributed by atoms with Crippen LogP contribution in [0.4, 0.5) is 15.8 Å². The van der Waals surface area contributed by atoms with Crippen LogP contribution in [-0.2, 0) is 4.79 Å². The van der Waals surface area contributed by atoms with Gasteiger partial charge in [0.25, 0.3) is 0 Å². The fraction of sp³-hybridized carbons (Fsp3) is 0.333. The third-order valence-electron chi connectivity index (χ3n) is 4.25. The Morgan fingerprint density at radius 2 is 2.12 bits per heavy atom. The van der Waals surface area contributed by atoms with Gasteiger partial charge in [-0.15, -0.1) is 0 Å². The molecule has 5 nitrogen and oxygen atoms in total. The number of benzene rings is 1. The third-order valence-corrected chi connectivity index (χ3v) is 4.25. The first-order valence-electron chi connectivity index (χ1n) is 8.07. The van der Waals surface area contributed by atoms with Crippen LogP contribution in [0.1, 0.15) is 6.92 Å². The van der Waals surface area contributed by atoms with Crippen molar-refractivity contribution >= 4 is 17.3 Å². The van der Waals surface area contributed by atoms with E-state index in [9.17, 15) is 9.18 Å². The summed E-state index contributed by atoms with van der Waals surface area (Å²) in [5.41, 5.74) is 1.32. The first-order chi connectivity index (χ1) is 11.6. The summed E-state index contributed by atoms with van der Waals surface area (Å²) in [6.07, 6.45) is 3.29. The van der Waals surface area contributed by atoms with E-state index < -0.39 is 0 Å². The molecule has 0 bridgehead atoms. The monoisotopic (exact) mass is 328 g/mol. The highest BCUT2D eigenvalue weighted by molar-refractivity contribution is 5.92. The molecule has 1 aromatic heterocycles. The Kier molecular flexibility index (Phi) is 5.05. The molecule has 2 heterocycles. The largest absolute Gasteiger partial charge is 0.366 e. The SMILES string of the molecule is CC1CN(c2ccccc2F)CCN1CC(=O)Nc1cccnc1. The van der Waals surface area contributed by atoms with Crippen molar-refractivity contribution in [3.63, 3.8) is 0 Å². The molecule has 1 aromatic carbocycles. The Balaban J connectivity index is 1.56. The van der Waals surface area contributed by atoms with Crippen molar-refractivity contribution in [1.82, 2.24) is 9.88 Å². The molecule has 1 atom stereocenters. The maximum absolute atomic E-state index is 13.9. The second-order valence-corrected chi connectivity index (χ2v) is 6.01. The van der Waals surface area contributed by atoms with Gasteiger partial charge in [0.05, 0.1) is 24.1 Å². The molecule has 1 unspecified atom stereocenters. The van der Waals surface area contributed by atoms with Gasteiger partial charge in [-0.2, -0.15) is 0 Å². The zero-order chi connectivity index (χ0) is 16.9. The number of hydrogen-bond donors (Lipinski definition) is 1. The summed E-state index contributed by atoms with van der Waals surface area (Å²) < 4.78 is 13.9. The van der Waals surface area contributed by atoms with Crippen molar-refractivity contribution < 1.29 is 9.18 Å². The van der Waals surface area contributed by atoms with Crippen molar-refractivity contribution in [2.45, 2.75) is 13.0 Å². The molecular formula is C18H21FN4O. The molecule has 0 saturated carbocycles. The van der Waals surface area contributed by atoms with Gasteiger partial charge >= 0.3 is 0 Å². The van der Waals surface area contributed by atoms with E-state index in [2.05, 4.69) is 22.1 Å². The van der Waals surface area contributed by atoms with E-state index in [0.29, 0.717) is 31.0 Å². The molecule has 1 aliphatic heterocycles. The zero-order valence-corrected chi connectivity index (χ0v) is 13.7. The maximum atomic E-state index is 13.9. The highest BCUT2D eigenvalue weighted by Gasteiger charge is 2.26. The third kappa shape index (κ3) is 3.89. The van der Waals surface area contributed by atoms with Gasteiger partial charge < -0.3 is 10.2 Å². The number of amides is 1. The molecular weight excluding hydrogens is 307 g/mol. The lowest BCUT2D eigenvalue weighted by atomic mass is 10.1. The maximum Gasteiger partial charge on any atom is 0.238 e. The van der Waals surface area contributed by atoms with Crippen molar-refractivity contribution in [3.8, 4) is 0 Å². The number of rotatable bonds is 4. The second-order valence-electron chi connectivity index (χ2n) is 6.01. The highest BCUT2D eigenvalue weighted by Crippen LogP contribution is 2.22. The number of nitrogens with zero attached hydrogens (tertiary/aromatic N) is 3. The van der Waals surface area contributed by atoms with Crippen LogP contribution in [0.5, 0.6) is 0 Å². The number of carbonyl (C=O) groups is 1. The minimum atomic E-state index is -0.201. The molecule has 0 spiro atoms. The van der Waals surface area contributed by atoms with Crippen LogP contribution < -0.4 is 10.2 Å². The fourth-order valence-electron chi connectivity index (χ4n) is 2.98. The number of para-hydroxylation sites is 1. The van der Waals surface area contributed by atoms with Crippen LogP contribution in [0.25, 0.3) is 0 Å². The van der Waals surface area contributed by atoms with E-state index in [0.717, 1.165) is 6.54 Å². The molecule has 126 valence electrons. The first kappa shape index (κ1) is 16.4. The molecule has 24 heavy (non-hydrogen) atoms. The number of nitrogens with one attached hydrogen (secondary N) is 1. The van der Waals surface area contributed by atoms with E-state index >= 15 is 0 Å². The Labute approximate surface area is 141 Å². The van der Waals surface area contributed by atoms with Gasteiger partial charge in [-0.3, -0.25) is 14.7 Å². The Hall–Kier alpha value is -2.47. The van der Waals surface area contributed by atoms with Gasteiger partial charge in [0, 0.05) is 31.9 Å². The number of hydrogen-bond acceptors (Lipinski definition) is 4. The van der Waals surface area contributed by atoms with Crippen molar-refractivity contribution in [2.24, 2.45) is 0 Å². The van der Waals surface area contributed by atoms with E-state index in [1.807, 2.05) is 17.0 Å². The summed E-state index contributed by atoms with van der Waals surface area (Å²) in [5, 5.41) is 2.85. The first-order valence-corrected chi connectivity index (χ1v) is 8.07. The van der Waals surface area contributed by atoms with Gasteiger partial charge in [0.2, 0.25) is 5.91 Å². The average molecular weight is 328 g/mol. The lowest BCUT2D eigenvalue weighted by Gasteiger charge is -2.40. The van der Waals surface area contributed by atoms with E-state index in [1.54, 1.807) is 30.6 Å². The van der Waals surface area contributed by atoms with Gasteiger partial charge in [-0.25, -0.2) is 4.39 Å². The van der Waals surface area contributed by atoms with Crippen molar-refractivity contribution in [1.29, 1.82) is 0 Å². The minimum absolute atomic E-state index is 0.0609. The molecule has 1 aliphatic rings. The van der Waals surface area contributed by atoms with Crippen LogP contribution in [0.3, 0.4) is 0 Å². The van der Waals surface area contributed by atoms with Crippen LogP contribution >= 0.6 is 0 Å². The normalized spacial score (nSPS) is 18.4. The number of aromatic nitrogens is 1. The molecule has 1 fully saturated rings. The van der Waals surface area contributed by atoms with Crippen molar-refractivity contribution in [3.05, 3.63) is 54.6 Å². The molecule has 1 amide bonds. The predicted molar refractivity (Wildman–Crippen MR) is 92.5 cm³/mol. The number of piperazine rings is 1. The summed E-state index contributed by atoms with van der Waals surface area (Å²) in [6, 6.07) is 10.6. The van der Waals surface area contributed by atoms with Gasteiger partial charge in [0.1, 0.15) is 5.82 Å².